The smallest absolute Gasteiger partial charge is 0.319 e. The van der Waals surface area contributed by atoms with Crippen LogP contribution in [0.2, 0.25) is 5.02 Å². The number of anilines is 1. The van der Waals surface area contributed by atoms with Gasteiger partial charge in [0.1, 0.15) is 0 Å². The minimum Gasteiger partial charge on any atom is -0.338 e. The standard InChI is InChI=1S/C16H24ClN3O/c17-14-7-6-8-15(13-14)19-16(21)18-9-2-5-12-20-10-3-1-4-11-20/h6-8,13H,1-5,9-12H2,(H2,18,19,21). The molecule has 0 spiro atoms. The van der Waals surface area contributed by atoms with Crippen molar-refractivity contribution >= 4 is 23.3 Å². The molecule has 1 fully saturated rings. The number of halogens is 1. The molecule has 1 aliphatic rings. The van der Waals surface area contributed by atoms with Gasteiger partial charge in [-0.2, -0.15) is 0 Å². The van der Waals surface area contributed by atoms with Gasteiger partial charge < -0.3 is 15.5 Å². The molecular weight excluding hydrogens is 286 g/mol. The van der Waals surface area contributed by atoms with E-state index in [1.165, 1.54) is 32.4 Å². The fraction of sp³-hybridized carbons (Fsp3) is 0.562. The summed E-state index contributed by atoms with van der Waals surface area (Å²) < 4.78 is 0. The molecule has 0 radical (unpaired) electrons. The van der Waals surface area contributed by atoms with E-state index in [4.69, 9.17) is 11.6 Å². The SMILES string of the molecule is O=C(NCCCCN1CCCCC1)Nc1cccc(Cl)c1. The number of hydrogen-bond acceptors (Lipinski definition) is 2. The van der Waals surface area contributed by atoms with Crippen molar-refractivity contribution in [3.05, 3.63) is 29.3 Å². The highest BCUT2D eigenvalue weighted by molar-refractivity contribution is 6.30. The van der Waals surface area contributed by atoms with Gasteiger partial charge in [0, 0.05) is 17.3 Å². The zero-order valence-electron chi connectivity index (χ0n) is 12.4. The molecule has 1 heterocycles. The number of rotatable bonds is 6. The van der Waals surface area contributed by atoms with Crippen LogP contribution in [0.15, 0.2) is 24.3 Å². The monoisotopic (exact) mass is 309 g/mol. The molecule has 0 atom stereocenters. The van der Waals surface area contributed by atoms with E-state index in [9.17, 15) is 4.79 Å². The number of hydrogen-bond donors (Lipinski definition) is 2. The Bertz CT molecular complexity index is 447. The van der Waals surface area contributed by atoms with Crippen LogP contribution in [0.3, 0.4) is 0 Å². The molecular formula is C16H24ClN3O. The summed E-state index contributed by atoms with van der Waals surface area (Å²) in [6.07, 6.45) is 6.19. The number of carbonyl (C=O) groups is 1. The van der Waals surface area contributed by atoms with Crippen LogP contribution in [0, 0.1) is 0 Å². The van der Waals surface area contributed by atoms with Crippen LogP contribution in [-0.4, -0.2) is 37.1 Å². The summed E-state index contributed by atoms with van der Waals surface area (Å²) in [5.41, 5.74) is 0.716. The Balaban J connectivity index is 1.54. The van der Waals surface area contributed by atoms with Crippen molar-refractivity contribution in [2.75, 3.05) is 31.5 Å². The van der Waals surface area contributed by atoms with Crippen molar-refractivity contribution in [2.24, 2.45) is 0 Å². The lowest BCUT2D eigenvalue weighted by molar-refractivity contribution is 0.224. The first-order chi connectivity index (χ1) is 10.2. The molecule has 0 saturated carbocycles. The lowest BCUT2D eigenvalue weighted by atomic mass is 10.1. The third kappa shape index (κ3) is 6.36. The first kappa shape index (κ1) is 16.1. The number of urea groups is 1. The number of likely N-dealkylation sites (tertiary alicyclic amines) is 1. The Morgan fingerprint density at radius 3 is 2.76 bits per heavy atom. The molecule has 0 aliphatic carbocycles. The maximum Gasteiger partial charge on any atom is 0.319 e. The van der Waals surface area contributed by atoms with Crippen molar-refractivity contribution in [2.45, 2.75) is 32.1 Å². The van der Waals surface area contributed by atoms with Gasteiger partial charge in [0.25, 0.3) is 0 Å². The van der Waals surface area contributed by atoms with E-state index in [0.29, 0.717) is 17.3 Å². The number of unbranched alkanes of at least 4 members (excludes halogenated alkanes) is 1. The van der Waals surface area contributed by atoms with Crippen LogP contribution in [0.4, 0.5) is 10.5 Å². The van der Waals surface area contributed by atoms with Gasteiger partial charge in [-0.1, -0.05) is 24.1 Å². The van der Waals surface area contributed by atoms with Gasteiger partial charge in [-0.05, 0) is 63.5 Å². The Morgan fingerprint density at radius 1 is 1.19 bits per heavy atom. The molecule has 2 amide bonds. The lowest BCUT2D eigenvalue weighted by Crippen LogP contribution is -2.32. The van der Waals surface area contributed by atoms with Crippen LogP contribution in [0.5, 0.6) is 0 Å². The average Bonchev–Trinajstić information content (AvgIpc) is 2.48. The first-order valence-electron chi connectivity index (χ1n) is 7.77. The third-order valence-electron chi connectivity index (χ3n) is 3.72. The highest BCUT2D eigenvalue weighted by Gasteiger charge is 2.09. The predicted octanol–water partition coefficient (Wildman–Crippen LogP) is 3.73. The predicted molar refractivity (Wildman–Crippen MR) is 88.0 cm³/mol. The van der Waals surface area contributed by atoms with E-state index in [1.807, 2.05) is 12.1 Å². The van der Waals surface area contributed by atoms with Crippen molar-refractivity contribution in [1.82, 2.24) is 10.2 Å². The number of piperidine rings is 1. The van der Waals surface area contributed by atoms with E-state index in [0.717, 1.165) is 19.4 Å². The van der Waals surface area contributed by atoms with Gasteiger partial charge in [-0.3, -0.25) is 0 Å². The molecule has 0 bridgehead atoms. The minimum atomic E-state index is -0.171. The fourth-order valence-corrected chi connectivity index (χ4v) is 2.78. The zero-order valence-corrected chi connectivity index (χ0v) is 13.2. The summed E-state index contributed by atoms with van der Waals surface area (Å²) in [6.45, 7) is 4.34. The number of nitrogens with one attached hydrogen (secondary N) is 2. The van der Waals surface area contributed by atoms with Gasteiger partial charge in [0.2, 0.25) is 0 Å². The van der Waals surface area contributed by atoms with Gasteiger partial charge >= 0.3 is 6.03 Å². The second kappa shape index (κ2) is 8.90. The summed E-state index contributed by atoms with van der Waals surface area (Å²) in [7, 11) is 0. The molecule has 1 saturated heterocycles. The third-order valence-corrected chi connectivity index (χ3v) is 3.95. The molecule has 1 aromatic rings. The highest BCUT2D eigenvalue weighted by Crippen LogP contribution is 2.14. The maximum atomic E-state index is 11.7. The van der Waals surface area contributed by atoms with E-state index < -0.39 is 0 Å². The summed E-state index contributed by atoms with van der Waals surface area (Å²) in [5, 5.41) is 6.27. The topological polar surface area (TPSA) is 44.4 Å². The number of benzene rings is 1. The van der Waals surface area contributed by atoms with Gasteiger partial charge in [0.05, 0.1) is 0 Å². The number of carbonyl (C=O) groups excluding carboxylic acids is 1. The van der Waals surface area contributed by atoms with Crippen LogP contribution < -0.4 is 10.6 Å². The minimum absolute atomic E-state index is 0.171. The molecule has 1 aromatic carbocycles. The van der Waals surface area contributed by atoms with Crippen LogP contribution in [0.1, 0.15) is 32.1 Å². The van der Waals surface area contributed by atoms with Crippen molar-refractivity contribution in [3.8, 4) is 0 Å². The Labute approximate surface area is 131 Å². The Kier molecular flexibility index (Phi) is 6.83. The summed E-state index contributed by atoms with van der Waals surface area (Å²) in [5.74, 6) is 0. The molecule has 0 aromatic heterocycles. The molecule has 21 heavy (non-hydrogen) atoms. The molecule has 2 rings (SSSR count). The second-order valence-corrected chi connectivity index (χ2v) is 5.94. The van der Waals surface area contributed by atoms with Crippen molar-refractivity contribution < 1.29 is 4.79 Å². The first-order valence-corrected chi connectivity index (χ1v) is 8.14. The molecule has 5 heteroatoms. The van der Waals surface area contributed by atoms with E-state index in [-0.39, 0.29) is 6.03 Å². The van der Waals surface area contributed by atoms with Crippen molar-refractivity contribution in [3.63, 3.8) is 0 Å². The maximum absolute atomic E-state index is 11.7. The summed E-state index contributed by atoms with van der Waals surface area (Å²) in [6, 6.07) is 6.98. The lowest BCUT2D eigenvalue weighted by Gasteiger charge is -2.26. The zero-order chi connectivity index (χ0) is 14.9. The highest BCUT2D eigenvalue weighted by atomic mass is 35.5. The second-order valence-electron chi connectivity index (χ2n) is 5.50. The molecule has 2 N–H and O–H groups in total. The molecule has 4 nitrogen and oxygen atoms in total. The van der Waals surface area contributed by atoms with Crippen LogP contribution >= 0.6 is 11.6 Å². The van der Waals surface area contributed by atoms with Crippen LogP contribution in [0.25, 0.3) is 0 Å². The normalized spacial score (nSPS) is 15.7. The fourth-order valence-electron chi connectivity index (χ4n) is 2.59. The molecule has 116 valence electrons. The quantitative estimate of drug-likeness (QED) is 0.786. The molecule has 0 unspecified atom stereocenters. The van der Waals surface area contributed by atoms with Gasteiger partial charge in [-0.25, -0.2) is 4.79 Å². The summed E-state index contributed by atoms with van der Waals surface area (Å²) in [4.78, 5) is 14.2. The van der Waals surface area contributed by atoms with E-state index in [1.54, 1.807) is 12.1 Å². The van der Waals surface area contributed by atoms with E-state index >= 15 is 0 Å². The Morgan fingerprint density at radius 2 is 2.00 bits per heavy atom. The Hall–Kier alpha value is -1.26. The van der Waals surface area contributed by atoms with Crippen LogP contribution in [-0.2, 0) is 0 Å². The van der Waals surface area contributed by atoms with E-state index in [2.05, 4.69) is 15.5 Å². The molecule has 1 aliphatic heterocycles. The largest absolute Gasteiger partial charge is 0.338 e. The summed E-state index contributed by atoms with van der Waals surface area (Å²) >= 11 is 5.87. The average molecular weight is 310 g/mol. The number of amides is 2. The van der Waals surface area contributed by atoms with Gasteiger partial charge in [0.15, 0.2) is 0 Å². The van der Waals surface area contributed by atoms with Gasteiger partial charge in [-0.15, -0.1) is 0 Å². The van der Waals surface area contributed by atoms with Crippen molar-refractivity contribution in [1.29, 1.82) is 0 Å². The number of nitrogens with zero attached hydrogens (tertiary/aromatic N) is 1.